The van der Waals surface area contributed by atoms with Crippen molar-refractivity contribution < 1.29 is 19.1 Å². The van der Waals surface area contributed by atoms with Crippen molar-refractivity contribution in [2.24, 2.45) is 0 Å². The van der Waals surface area contributed by atoms with Crippen molar-refractivity contribution in [2.75, 3.05) is 17.7 Å². The van der Waals surface area contributed by atoms with E-state index < -0.39 is 17.8 Å². The zero-order valence-corrected chi connectivity index (χ0v) is 13.9. The Hall–Kier alpha value is -2.57. The zero-order valence-electron chi connectivity index (χ0n) is 12.4. The molecule has 0 aliphatic heterocycles. The van der Waals surface area contributed by atoms with Crippen molar-refractivity contribution in [2.45, 2.75) is 0 Å². The molecule has 0 aliphatic rings. The normalized spacial score (nSPS) is 9.96. The number of hydrogen-bond donors (Lipinski definition) is 2. The molecule has 2 aromatic carbocycles. The van der Waals surface area contributed by atoms with Crippen LogP contribution in [0.4, 0.5) is 11.4 Å². The van der Waals surface area contributed by atoms with E-state index in [1.807, 2.05) is 0 Å². The number of rotatable bonds is 3. The molecule has 0 spiro atoms. The number of carbonyl (C=O) groups excluding carboxylic acids is 3. The molecule has 124 valence electrons. The molecule has 0 aromatic heterocycles. The van der Waals surface area contributed by atoms with Crippen molar-refractivity contribution in [3.8, 4) is 0 Å². The van der Waals surface area contributed by atoms with Crippen molar-refractivity contribution in [3.05, 3.63) is 58.1 Å². The maximum atomic E-state index is 12.0. The minimum atomic E-state index is -0.956. The molecule has 0 bridgehead atoms. The molecule has 6 nitrogen and oxygen atoms in total. The lowest BCUT2D eigenvalue weighted by atomic mass is 10.2. The number of anilines is 2. The lowest BCUT2D eigenvalue weighted by Crippen LogP contribution is -2.29. The second-order valence-electron chi connectivity index (χ2n) is 4.60. The fourth-order valence-electron chi connectivity index (χ4n) is 1.87. The lowest BCUT2D eigenvalue weighted by Gasteiger charge is -2.10. The second-order valence-corrected chi connectivity index (χ2v) is 5.48. The highest BCUT2D eigenvalue weighted by atomic mass is 35.5. The van der Waals surface area contributed by atoms with Crippen LogP contribution in [0, 0.1) is 0 Å². The highest BCUT2D eigenvalue weighted by molar-refractivity contribution is 6.44. The summed E-state index contributed by atoms with van der Waals surface area (Å²) in [6, 6.07) is 10.5. The number of benzene rings is 2. The van der Waals surface area contributed by atoms with Gasteiger partial charge in [0.1, 0.15) is 0 Å². The van der Waals surface area contributed by atoms with Crippen LogP contribution in [0.2, 0.25) is 10.0 Å². The molecule has 24 heavy (non-hydrogen) atoms. The molecule has 2 N–H and O–H groups in total. The summed E-state index contributed by atoms with van der Waals surface area (Å²) in [7, 11) is 1.22. The Morgan fingerprint density at radius 3 is 2.12 bits per heavy atom. The summed E-state index contributed by atoms with van der Waals surface area (Å²) < 4.78 is 4.62. The monoisotopic (exact) mass is 366 g/mol. The predicted molar refractivity (Wildman–Crippen MR) is 91.5 cm³/mol. The van der Waals surface area contributed by atoms with E-state index in [0.29, 0.717) is 10.0 Å². The molecule has 2 amide bonds. The van der Waals surface area contributed by atoms with Gasteiger partial charge in [0, 0.05) is 15.7 Å². The van der Waals surface area contributed by atoms with Crippen LogP contribution < -0.4 is 10.6 Å². The number of nitrogens with one attached hydrogen (secondary N) is 2. The van der Waals surface area contributed by atoms with E-state index in [2.05, 4.69) is 15.4 Å². The number of halogens is 2. The van der Waals surface area contributed by atoms with Crippen molar-refractivity contribution in [1.82, 2.24) is 0 Å². The zero-order chi connectivity index (χ0) is 17.7. The van der Waals surface area contributed by atoms with Crippen LogP contribution in [-0.4, -0.2) is 24.9 Å². The molecular weight excluding hydrogens is 355 g/mol. The van der Waals surface area contributed by atoms with Gasteiger partial charge in [-0.3, -0.25) is 9.59 Å². The third-order valence-corrected chi connectivity index (χ3v) is 3.34. The highest BCUT2D eigenvalue weighted by Gasteiger charge is 2.18. The van der Waals surface area contributed by atoms with Gasteiger partial charge in [-0.1, -0.05) is 35.3 Å². The van der Waals surface area contributed by atoms with E-state index in [0.717, 1.165) is 0 Å². The highest BCUT2D eigenvalue weighted by Crippen LogP contribution is 2.22. The molecule has 0 saturated carbocycles. The Morgan fingerprint density at radius 2 is 1.50 bits per heavy atom. The maximum Gasteiger partial charge on any atom is 0.339 e. The fraction of sp³-hybridized carbons (Fsp3) is 0.0625. The van der Waals surface area contributed by atoms with Crippen LogP contribution in [0.25, 0.3) is 0 Å². The van der Waals surface area contributed by atoms with Gasteiger partial charge >= 0.3 is 17.8 Å². The summed E-state index contributed by atoms with van der Waals surface area (Å²) in [6.45, 7) is 0. The Bertz CT molecular complexity index is 788. The van der Waals surface area contributed by atoms with Gasteiger partial charge in [0.05, 0.1) is 18.4 Å². The molecule has 2 rings (SSSR count). The second kappa shape index (κ2) is 7.81. The van der Waals surface area contributed by atoms with Gasteiger partial charge in [-0.05, 0) is 30.3 Å². The average molecular weight is 367 g/mol. The molecule has 0 fully saturated rings. The van der Waals surface area contributed by atoms with E-state index in [1.165, 1.54) is 37.4 Å². The number of amides is 2. The van der Waals surface area contributed by atoms with Crippen LogP contribution >= 0.6 is 23.2 Å². The molecule has 0 aliphatic carbocycles. The number of carbonyl (C=O) groups is 3. The average Bonchev–Trinajstić information content (AvgIpc) is 2.53. The summed E-state index contributed by atoms with van der Waals surface area (Å²) in [6.07, 6.45) is 0. The summed E-state index contributed by atoms with van der Waals surface area (Å²) >= 11 is 11.7. The molecule has 0 atom stereocenters. The van der Waals surface area contributed by atoms with Gasteiger partial charge in [-0.25, -0.2) is 4.79 Å². The van der Waals surface area contributed by atoms with E-state index in [-0.39, 0.29) is 16.9 Å². The lowest BCUT2D eigenvalue weighted by molar-refractivity contribution is -0.133. The first-order valence-corrected chi connectivity index (χ1v) is 7.42. The Morgan fingerprint density at radius 1 is 0.917 bits per heavy atom. The van der Waals surface area contributed by atoms with Crippen LogP contribution in [0.15, 0.2) is 42.5 Å². The van der Waals surface area contributed by atoms with Gasteiger partial charge in [0.25, 0.3) is 0 Å². The van der Waals surface area contributed by atoms with Gasteiger partial charge in [-0.2, -0.15) is 0 Å². The number of ether oxygens (including phenoxy) is 1. The third kappa shape index (κ3) is 4.47. The largest absolute Gasteiger partial charge is 0.465 e. The molecule has 8 heteroatoms. The number of esters is 1. The van der Waals surface area contributed by atoms with Gasteiger partial charge in [0.15, 0.2) is 0 Å². The van der Waals surface area contributed by atoms with Crippen molar-refractivity contribution >= 4 is 52.4 Å². The van der Waals surface area contributed by atoms with Crippen molar-refractivity contribution in [1.29, 1.82) is 0 Å². The summed E-state index contributed by atoms with van der Waals surface area (Å²) in [5, 5.41) is 5.36. The first kappa shape index (κ1) is 17.8. The number of para-hydroxylation sites is 1. The fourth-order valence-corrected chi connectivity index (χ4v) is 2.40. The Kier molecular flexibility index (Phi) is 5.78. The minimum Gasteiger partial charge on any atom is -0.465 e. The Balaban J connectivity index is 2.12. The minimum absolute atomic E-state index is 0.131. The molecule has 0 radical (unpaired) electrons. The summed E-state index contributed by atoms with van der Waals surface area (Å²) in [5.41, 5.74) is 0.564. The van der Waals surface area contributed by atoms with E-state index in [4.69, 9.17) is 23.2 Å². The van der Waals surface area contributed by atoms with Crippen LogP contribution in [-0.2, 0) is 14.3 Å². The number of methoxy groups -OCH3 is 1. The van der Waals surface area contributed by atoms with Gasteiger partial charge < -0.3 is 15.4 Å². The Labute approximate surface area is 147 Å². The molecule has 0 unspecified atom stereocenters. The topological polar surface area (TPSA) is 84.5 Å². The van der Waals surface area contributed by atoms with Gasteiger partial charge in [-0.15, -0.1) is 0 Å². The van der Waals surface area contributed by atoms with E-state index in [9.17, 15) is 14.4 Å². The quantitative estimate of drug-likeness (QED) is 0.644. The molecular formula is C16H12Cl2N2O4. The summed E-state index contributed by atoms with van der Waals surface area (Å²) in [4.78, 5) is 35.6. The predicted octanol–water partition coefficient (Wildman–Crippen LogP) is 3.36. The standard InChI is InChI=1S/C16H12Cl2N2O4/c1-24-16(23)12-4-2-3-5-13(12)20-15(22)14(21)19-11-7-9(17)6-10(18)8-11/h2-8H,1H3,(H,19,21)(H,20,22). The first-order chi connectivity index (χ1) is 11.4. The van der Waals surface area contributed by atoms with Gasteiger partial charge in [0.2, 0.25) is 0 Å². The first-order valence-electron chi connectivity index (χ1n) is 6.66. The van der Waals surface area contributed by atoms with Crippen LogP contribution in [0.5, 0.6) is 0 Å². The maximum absolute atomic E-state index is 12.0. The number of hydrogen-bond acceptors (Lipinski definition) is 4. The smallest absolute Gasteiger partial charge is 0.339 e. The molecule has 0 saturated heterocycles. The summed E-state index contributed by atoms with van der Waals surface area (Å²) in [5.74, 6) is -2.52. The van der Waals surface area contributed by atoms with E-state index >= 15 is 0 Å². The van der Waals surface area contributed by atoms with Crippen LogP contribution in [0.3, 0.4) is 0 Å². The molecule has 0 heterocycles. The SMILES string of the molecule is COC(=O)c1ccccc1NC(=O)C(=O)Nc1cc(Cl)cc(Cl)c1. The third-order valence-electron chi connectivity index (χ3n) is 2.91. The van der Waals surface area contributed by atoms with Crippen LogP contribution in [0.1, 0.15) is 10.4 Å². The van der Waals surface area contributed by atoms with Crippen molar-refractivity contribution in [3.63, 3.8) is 0 Å². The molecule has 2 aromatic rings. The van der Waals surface area contributed by atoms with E-state index in [1.54, 1.807) is 12.1 Å².